The molecule has 17 atom stereocenters. The van der Waals surface area contributed by atoms with E-state index in [0.29, 0.717) is 6.42 Å². The van der Waals surface area contributed by atoms with Gasteiger partial charge in [-0.05, 0) is 64.2 Å². The molecule has 1 amide bonds. The first-order valence-corrected chi connectivity index (χ1v) is 34.2. The fraction of sp³-hybridized carbons (Fsp3) is 0.812. The van der Waals surface area contributed by atoms with E-state index in [-0.39, 0.29) is 18.9 Å². The average Bonchev–Trinajstić information content (AvgIpc) is 3.70. The van der Waals surface area contributed by atoms with E-state index in [1.54, 1.807) is 6.08 Å². The van der Waals surface area contributed by atoms with Crippen LogP contribution >= 0.6 is 0 Å². The van der Waals surface area contributed by atoms with Crippen molar-refractivity contribution in [1.29, 1.82) is 0 Å². The zero-order valence-corrected chi connectivity index (χ0v) is 53.7. The van der Waals surface area contributed by atoms with Gasteiger partial charge in [-0.25, -0.2) is 0 Å². The first-order valence-electron chi connectivity index (χ1n) is 34.2. The van der Waals surface area contributed by atoms with Crippen molar-refractivity contribution in [2.75, 3.05) is 26.4 Å². The highest BCUT2D eigenvalue weighted by Gasteiger charge is 2.53. The summed E-state index contributed by atoms with van der Waals surface area (Å²) in [6.07, 6.45) is 35.8. The Balaban J connectivity index is 1.45. The lowest BCUT2D eigenvalue weighted by Gasteiger charge is -2.48. The molecular weight excluding hydrogens is 1130 g/mol. The van der Waals surface area contributed by atoms with Gasteiger partial charge in [-0.15, -0.1) is 0 Å². The van der Waals surface area contributed by atoms with Crippen molar-refractivity contribution >= 4 is 5.91 Å². The Hall–Kier alpha value is -2.77. The van der Waals surface area contributed by atoms with E-state index in [2.05, 4.69) is 79.9 Å². The molecule has 0 aromatic heterocycles. The molecule has 3 fully saturated rings. The van der Waals surface area contributed by atoms with Crippen LogP contribution in [0, 0.1) is 0 Å². The van der Waals surface area contributed by atoms with Crippen molar-refractivity contribution in [3.8, 4) is 0 Å². The van der Waals surface area contributed by atoms with Gasteiger partial charge in [-0.2, -0.15) is 0 Å². The number of carbonyl (C=O) groups excluding carboxylic acids is 1. The molecule has 3 aliphatic heterocycles. The largest absolute Gasteiger partial charge is 0.394 e. The molecule has 0 bridgehead atoms. The second-order valence-corrected chi connectivity index (χ2v) is 24.3. The quantitative estimate of drug-likeness (QED) is 0.0200. The molecule has 0 spiro atoms. The molecule has 0 aliphatic carbocycles. The van der Waals surface area contributed by atoms with Gasteiger partial charge < -0.3 is 89.9 Å². The highest BCUT2D eigenvalue weighted by Crippen LogP contribution is 2.33. The van der Waals surface area contributed by atoms with E-state index < -0.39 is 124 Å². The molecule has 3 heterocycles. The number of nitrogens with one attached hydrogen (secondary N) is 1. The Bertz CT molecular complexity index is 1880. The number of amides is 1. The van der Waals surface area contributed by atoms with Crippen molar-refractivity contribution in [1.82, 2.24) is 5.32 Å². The van der Waals surface area contributed by atoms with Crippen LogP contribution in [0.15, 0.2) is 72.9 Å². The highest BCUT2D eigenvalue weighted by atomic mass is 16.8. The van der Waals surface area contributed by atoms with Crippen LogP contribution in [0.2, 0.25) is 0 Å². The molecule has 3 aliphatic rings. The van der Waals surface area contributed by atoms with Gasteiger partial charge in [-0.3, -0.25) is 4.79 Å². The number of aliphatic hydroxyl groups is 11. The van der Waals surface area contributed by atoms with Gasteiger partial charge in [0, 0.05) is 6.42 Å². The molecule has 3 saturated heterocycles. The summed E-state index contributed by atoms with van der Waals surface area (Å²) in [7, 11) is 0. The number of rotatable bonds is 51. The minimum atomic E-state index is -1.98. The molecule has 0 aromatic rings. The molecule has 0 radical (unpaired) electrons. The summed E-state index contributed by atoms with van der Waals surface area (Å²) < 4.78 is 34.3. The molecule has 19 nitrogen and oxygen atoms in total. The van der Waals surface area contributed by atoms with Crippen LogP contribution in [0.3, 0.4) is 0 Å². The summed E-state index contributed by atoms with van der Waals surface area (Å²) in [6.45, 7) is 1.62. The number of aliphatic hydroxyl groups excluding tert-OH is 11. The van der Waals surface area contributed by atoms with Gasteiger partial charge >= 0.3 is 0 Å². The molecule has 510 valence electrons. The fourth-order valence-corrected chi connectivity index (χ4v) is 11.2. The molecule has 12 N–H and O–H groups in total. The van der Waals surface area contributed by atoms with E-state index in [9.17, 15) is 61.0 Å². The summed E-state index contributed by atoms with van der Waals surface area (Å²) >= 11 is 0. The highest BCUT2D eigenvalue weighted by molar-refractivity contribution is 5.76. The topological polar surface area (TPSA) is 307 Å². The van der Waals surface area contributed by atoms with Gasteiger partial charge in [0.2, 0.25) is 5.91 Å². The SMILES string of the molecule is CC/C=C\C/C=C\C/C=C\C/C=C\C/C=C\CCCCCCCCCCCC(=O)NC(COC1OC(CO)C(OC2OC(CO)C(OC3OC(CO)C(O)C(O)C3O)C(O)C2O)C(O)C1O)C(O)/C=C/CCCCCCCCCCCCCCCCCC. The van der Waals surface area contributed by atoms with Crippen LogP contribution in [0.25, 0.3) is 0 Å². The maximum atomic E-state index is 13.4. The van der Waals surface area contributed by atoms with Gasteiger partial charge in [0.25, 0.3) is 0 Å². The van der Waals surface area contributed by atoms with Crippen molar-refractivity contribution in [2.24, 2.45) is 0 Å². The van der Waals surface area contributed by atoms with Gasteiger partial charge in [0.05, 0.1) is 38.6 Å². The minimum absolute atomic E-state index is 0.232. The van der Waals surface area contributed by atoms with Crippen molar-refractivity contribution in [3.05, 3.63) is 72.9 Å². The molecule has 0 saturated carbocycles. The summed E-state index contributed by atoms with van der Waals surface area (Å²) in [5.41, 5.74) is 0. The second kappa shape index (κ2) is 50.7. The smallest absolute Gasteiger partial charge is 0.220 e. The maximum Gasteiger partial charge on any atom is 0.220 e. The third-order valence-corrected chi connectivity index (χ3v) is 16.8. The van der Waals surface area contributed by atoms with Gasteiger partial charge in [0.15, 0.2) is 18.9 Å². The lowest BCUT2D eigenvalue weighted by atomic mass is 9.96. The molecule has 19 heteroatoms. The van der Waals surface area contributed by atoms with E-state index in [4.69, 9.17) is 28.4 Å². The van der Waals surface area contributed by atoms with Crippen molar-refractivity contribution in [3.63, 3.8) is 0 Å². The van der Waals surface area contributed by atoms with E-state index in [1.165, 1.54) is 109 Å². The number of allylic oxidation sites excluding steroid dienone is 11. The molecule has 17 unspecified atom stereocenters. The number of carbonyl (C=O) groups is 1. The molecule has 0 aromatic carbocycles. The maximum absolute atomic E-state index is 13.4. The third kappa shape index (κ3) is 32.7. The average molecular weight is 1250 g/mol. The van der Waals surface area contributed by atoms with E-state index in [1.807, 2.05) is 6.08 Å². The van der Waals surface area contributed by atoms with E-state index in [0.717, 1.165) is 89.9 Å². The first kappa shape index (κ1) is 79.5. The van der Waals surface area contributed by atoms with Crippen molar-refractivity contribution < 1.29 is 89.4 Å². The van der Waals surface area contributed by atoms with E-state index >= 15 is 0 Å². The van der Waals surface area contributed by atoms with Crippen LogP contribution in [-0.4, -0.2) is 193 Å². The number of ether oxygens (including phenoxy) is 6. The lowest BCUT2D eigenvalue weighted by Crippen LogP contribution is -2.66. The summed E-state index contributed by atoms with van der Waals surface area (Å²) in [5.74, 6) is -0.284. The predicted octanol–water partition coefficient (Wildman–Crippen LogP) is 8.55. The Morgan fingerprint density at radius 3 is 1.23 bits per heavy atom. The first-order chi connectivity index (χ1) is 42.8. The lowest BCUT2D eigenvalue weighted by molar-refractivity contribution is -0.379. The number of hydrogen-bond acceptors (Lipinski definition) is 18. The standard InChI is InChI=1S/C69H121NO18/c1-3-5-7-9-11-13-15-17-19-21-23-24-25-26-27-28-29-31-33-35-37-39-41-43-45-47-57(75)70-52(53(74)46-44-42-40-38-36-34-32-30-22-20-18-16-14-12-10-8-6-4-2)51-83-67-63(81)60(78)65(55(49-72)85-67)88-69-64(82)61(79)66(56(50-73)86-69)87-68-62(80)59(77)58(76)54(48-71)84-68/h5,7,11,13,17,19,23-24,26-27,44,46,52-56,58-69,71-74,76-82H,3-4,6,8-10,12,14-16,18,20-22,25,28-43,45,47-51H2,1-2H3,(H,70,75)/b7-5-,13-11-,19-17-,24-23-,27-26-,46-44+. The predicted molar refractivity (Wildman–Crippen MR) is 341 cm³/mol. The molecule has 3 rings (SSSR count). The zero-order chi connectivity index (χ0) is 64.0. The zero-order valence-electron chi connectivity index (χ0n) is 53.7. The molecule has 88 heavy (non-hydrogen) atoms. The summed E-state index contributed by atoms with van der Waals surface area (Å²) in [5, 5.41) is 120. The van der Waals surface area contributed by atoms with Gasteiger partial charge in [0.1, 0.15) is 73.2 Å². The summed E-state index contributed by atoms with van der Waals surface area (Å²) in [6, 6.07) is -0.981. The minimum Gasteiger partial charge on any atom is -0.394 e. The Morgan fingerprint density at radius 1 is 0.420 bits per heavy atom. The van der Waals surface area contributed by atoms with Crippen LogP contribution in [-0.2, 0) is 33.2 Å². The Morgan fingerprint density at radius 2 is 0.784 bits per heavy atom. The monoisotopic (exact) mass is 1250 g/mol. The normalized spacial score (nSPS) is 28.9. The Labute approximate surface area is 528 Å². The fourth-order valence-electron chi connectivity index (χ4n) is 11.2. The number of unbranched alkanes of at least 4 members (excludes halogenated alkanes) is 25. The van der Waals surface area contributed by atoms with Crippen LogP contribution < -0.4 is 5.32 Å². The van der Waals surface area contributed by atoms with Gasteiger partial charge in [-0.1, -0.05) is 228 Å². The summed E-state index contributed by atoms with van der Waals surface area (Å²) in [4.78, 5) is 13.4. The third-order valence-electron chi connectivity index (χ3n) is 16.8. The van der Waals surface area contributed by atoms with Crippen LogP contribution in [0.4, 0.5) is 0 Å². The number of hydrogen-bond donors (Lipinski definition) is 12. The van der Waals surface area contributed by atoms with Crippen LogP contribution in [0.5, 0.6) is 0 Å². The second-order valence-electron chi connectivity index (χ2n) is 24.3. The Kier molecular flexibility index (Phi) is 45.8. The van der Waals surface area contributed by atoms with Crippen molar-refractivity contribution in [2.45, 2.75) is 330 Å². The molecular formula is C69H121NO18. The van der Waals surface area contributed by atoms with Crippen LogP contribution in [0.1, 0.15) is 226 Å².